The third-order valence-corrected chi connectivity index (χ3v) is 2.64. The van der Waals surface area contributed by atoms with Gasteiger partial charge < -0.3 is 10.1 Å². The van der Waals surface area contributed by atoms with Crippen molar-refractivity contribution in [3.63, 3.8) is 0 Å². The highest BCUT2D eigenvalue weighted by atomic mass is 19.1. The van der Waals surface area contributed by atoms with Crippen molar-refractivity contribution in [1.82, 2.24) is 9.55 Å². The molecule has 1 N–H and O–H groups in total. The molecule has 2 rings (SSSR count). The van der Waals surface area contributed by atoms with Crippen LogP contribution in [0, 0.1) is 12.7 Å². The highest BCUT2D eigenvalue weighted by Crippen LogP contribution is 2.23. The smallest absolute Gasteiger partial charge is 0.207 e. The number of imidazole rings is 1. The molecule has 0 fully saturated rings. The summed E-state index contributed by atoms with van der Waals surface area (Å²) in [5.41, 5.74) is 1.54. The molecule has 0 aliphatic carbocycles. The van der Waals surface area contributed by atoms with Gasteiger partial charge in [-0.3, -0.25) is 4.57 Å². The Labute approximate surface area is 111 Å². The predicted octanol–water partition coefficient (Wildman–Crippen LogP) is 2.93. The number of aryl methyl sites for hydroxylation is 1. The molecule has 1 aromatic carbocycles. The van der Waals surface area contributed by atoms with Gasteiger partial charge in [0.2, 0.25) is 5.95 Å². The SMILES string of the molecule is C=CCNc1nc(C)cn1-c1ccc(OC)c(F)c1. The molecule has 19 heavy (non-hydrogen) atoms. The molecule has 1 heterocycles. The molecule has 0 radical (unpaired) electrons. The molecule has 0 spiro atoms. The molecule has 1 aromatic heterocycles. The number of nitrogens with zero attached hydrogens (tertiary/aromatic N) is 2. The van der Waals surface area contributed by atoms with Gasteiger partial charge in [0, 0.05) is 18.8 Å². The number of hydrogen-bond donors (Lipinski definition) is 1. The third kappa shape index (κ3) is 2.76. The Morgan fingerprint density at radius 2 is 2.32 bits per heavy atom. The van der Waals surface area contributed by atoms with E-state index in [0.717, 1.165) is 5.69 Å². The van der Waals surface area contributed by atoms with Crippen LogP contribution >= 0.6 is 0 Å². The average Bonchev–Trinajstić information content (AvgIpc) is 2.77. The predicted molar refractivity (Wildman–Crippen MR) is 73.5 cm³/mol. The van der Waals surface area contributed by atoms with E-state index in [4.69, 9.17) is 4.74 Å². The number of nitrogens with one attached hydrogen (secondary N) is 1. The van der Waals surface area contributed by atoms with Crippen LogP contribution in [0.1, 0.15) is 5.69 Å². The average molecular weight is 261 g/mol. The summed E-state index contributed by atoms with van der Waals surface area (Å²) in [4.78, 5) is 4.35. The Morgan fingerprint density at radius 3 is 2.95 bits per heavy atom. The van der Waals surface area contributed by atoms with Gasteiger partial charge in [-0.25, -0.2) is 9.37 Å². The van der Waals surface area contributed by atoms with Crippen LogP contribution < -0.4 is 10.1 Å². The zero-order valence-corrected chi connectivity index (χ0v) is 11.0. The van der Waals surface area contributed by atoms with Gasteiger partial charge in [0.1, 0.15) is 0 Å². The minimum absolute atomic E-state index is 0.223. The molecule has 4 nitrogen and oxygen atoms in total. The van der Waals surface area contributed by atoms with Crippen molar-refractivity contribution in [1.29, 1.82) is 0 Å². The lowest BCUT2D eigenvalue weighted by atomic mass is 10.3. The lowest BCUT2D eigenvalue weighted by Gasteiger charge is -2.10. The lowest BCUT2D eigenvalue weighted by molar-refractivity contribution is 0.386. The molecule has 0 aliphatic rings. The fourth-order valence-electron chi connectivity index (χ4n) is 1.79. The van der Waals surface area contributed by atoms with Crippen LogP contribution in [-0.4, -0.2) is 23.2 Å². The van der Waals surface area contributed by atoms with Gasteiger partial charge in [0.25, 0.3) is 0 Å². The summed E-state index contributed by atoms with van der Waals surface area (Å²) in [5, 5.41) is 3.11. The summed E-state index contributed by atoms with van der Waals surface area (Å²) in [5.74, 6) is 0.476. The Hall–Kier alpha value is -2.30. The minimum atomic E-state index is -0.402. The second-order valence-electron chi connectivity index (χ2n) is 4.06. The molecule has 0 atom stereocenters. The second kappa shape index (κ2) is 5.56. The van der Waals surface area contributed by atoms with Crippen molar-refractivity contribution in [3.05, 3.63) is 48.6 Å². The molecule has 0 unspecified atom stereocenters. The van der Waals surface area contributed by atoms with E-state index in [1.807, 2.05) is 13.1 Å². The number of aromatic nitrogens is 2. The maximum atomic E-state index is 13.7. The van der Waals surface area contributed by atoms with E-state index >= 15 is 0 Å². The largest absolute Gasteiger partial charge is 0.494 e. The highest BCUT2D eigenvalue weighted by molar-refractivity contribution is 5.46. The molecule has 5 heteroatoms. The Bertz CT molecular complexity index is 592. The number of hydrogen-bond acceptors (Lipinski definition) is 3. The van der Waals surface area contributed by atoms with Crippen molar-refractivity contribution < 1.29 is 9.13 Å². The summed E-state index contributed by atoms with van der Waals surface area (Å²) in [7, 11) is 1.44. The first kappa shape index (κ1) is 13.1. The van der Waals surface area contributed by atoms with E-state index in [-0.39, 0.29) is 5.75 Å². The lowest BCUT2D eigenvalue weighted by Crippen LogP contribution is -2.06. The normalized spacial score (nSPS) is 10.3. The van der Waals surface area contributed by atoms with E-state index in [1.54, 1.807) is 22.8 Å². The molecule has 0 bridgehead atoms. The molecule has 0 saturated heterocycles. The standard InChI is InChI=1S/C14H16FN3O/c1-4-7-16-14-17-10(2)9-18(14)11-5-6-13(19-3)12(15)8-11/h4-6,8-9H,1,7H2,2-3H3,(H,16,17). The topological polar surface area (TPSA) is 39.1 Å². The van der Waals surface area contributed by atoms with E-state index in [9.17, 15) is 4.39 Å². The van der Waals surface area contributed by atoms with Crippen LogP contribution in [0.4, 0.5) is 10.3 Å². The van der Waals surface area contributed by atoms with Gasteiger partial charge in [-0.05, 0) is 19.1 Å². The van der Waals surface area contributed by atoms with Gasteiger partial charge in [-0.2, -0.15) is 0 Å². The Morgan fingerprint density at radius 1 is 1.53 bits per heavy atom. The Kier molecular flexibility index (Phi) is 3.85. The van der Waals surface area contributed by atoms with Crippen LogP contribution in [0.5, 0.6) is 5.75 Å². The van der Waals surface area contributed by atoms with E-state index in [2.05, 4.69) is 16.9 Å². The van der Waals surface area contributed by atoms with Crippen LogP contribution in [0.25, 0.3) is 5.69 Å². The molecule has 0 amide bonds. The van der Waals surface area contributed by atoms with Crippen LogP contribution in [0.3, 0.4) is 0 Å². The molecular formula is C14H16FN3O. The van der Waals surface area contributed by atoms with Crippen molar-refractivity contribution in [2.75, 3.05) is 19.0 Å². The molecule has 2 aromatic rings. The summed E-state index contributed by atoms with van der Waals surface area (Å²) in [6.07, 6.45) is 3.58. The second-order valence-corrected chi connectivity index (χ2v) is 4.06. The van der Waals surface area contributed by atoms with E-state index in [1.165, 1.54) is 13.2 Å². The van der Waals surface area contributed by atoms with Gasteiger partial charge in [0.15, 0.2) is 11.6 Å². The first-order valence-electron chi connectivity index (χ1n) is 5.90. The van der Waals surface area contributed by atoms with Crippen LogP contribution in [0.2, 0.25) is 0 Å². The highest BCUT2D eigenvalue weighted by Gasteiger charge is 2.09. The maximum absolute atomic E-state index is 13.7. The van der Waals surface area contributed by atoms with Crippen LogP contribution in [-0.2, 0) is 0 Å². The monoisotopic (exact) mass is 261 g/mol. The number of halogens is 1. The summed E-state index contributed by atoms with van der Waals surface area (Å²) >= 11 is 0. The molecule has 0 aliphatic heterocycles. The van der Waals surface area contributed by atoms with Gasteiger partial charge in [-0.1, -0.05) is 6.08 Å². The van der Waals surface area contributed by atoms with E-state index in [0.29, 0.717) is 18.2 Å². The Balaban J connectivity index is 2.40. The van der Waals surface area contributed by atoms with Crippen molar-refractivity contribution in [2.45, 2.75) is 6.92 Å². The number of rotatable bonds is 5. The summed E-state index contributed by atoms with van der Waals surface area (Å²) in [6, 6.07) is 4.79. The zero-order chi connectivity index (χ0) is 13.8. The van der Waals surface area contributed by atoms with Gasteiger partial charge in [0.05, 0.1) is 18.5 Å². The number of benzene rings is 1. The quantitative estimate of drug-likeness (QED) is 0.841. The number of methoxy groups -OCH3 is 1. The fraction of sp³-hybridized carbons (Fsp3) is 0.214. The molecular weight excluding hydrogens is 245 g/mol. The number of anilines is 1. The summed E-state index contributed by atoms with van der Waals surface area (Å²) in [6.45, 7) is 6.12. The van der Waals surface area contributed by atoms with Crippen molar-refractivity contribution in [3.8, 4) is 11.4 Å². The van der Waals surface area contributed by atoms with Gasteiger partial charge in [-0.15, -0.1) is 6.58 Å². The fourth-order valence-corrected chi connectivity index (χ4v) is 1.79. The summed E-state index contributed by atoms with van der Waals surface area (Å²) < 4.78 is 20.4. The minimum Gasteiger partial charge on any atom is -0.494 e. The zero-order valence-electron chi connectivity index (χ0n) is 11.0. The van der Waals surface area contributed by atoms with Crippen molar-refractivity contribution >= 4 is 5.95 Å². The van der Waals surface area contributed by atoms with Gasteiger partial charge >= 0.3 is 0 Å². The van der Waals surface area contributed by atoms with E-state index < -0.39 is 5.82 Å². The maximum Gasteiger partial charge on any atom is 0.207 e. The molecule has 0 saturated carbocycles. The van der Waals surface area contributed by atoms with Crippen LogP contribution in [0.15, 0.2) is 37.1 Å². The van der Waals surface area contributed by atoms with Crippen molar-refractivity contribution in [2.24, 2.45) is 0 Å². The first-order valence-corrected chi connectivity index (χ1v) is 5.90. The number of ether oxygens (including phenoxy) is 1. The molecule has 100 valence electrons. The first-order chi connectivity index (χ1) is 9.15. The third-order valence-electron chi connectivity index (χ3n) is 2.64.